The topological polar surface area (TPSA) is 26.0 Å². The molecule has 0 radical (unpaired) electrons. The summed E-state index contributed by atoms with van der Waals surface area (Å²) in [6.07, 6.45) is 2.31. The lowest BCUT2D eigenvalue weighted by Crippen LogP contribution is -2.43. The van der Waals surface area contributed by atoms with E-state index in [4.69, 9.17) is 5.73 Å². The van der Waals surface area contributed by atoms with Gasteiger partial charge in [-0.05, 0) is 29.4 Å². The molecule has 1 aliphatic rings. The molecule has 1 aromatic rings. The highest BCUT2D eigenvalue weighted by Crippen LogP contribution is 2.49. The molecule has 1 nitrogen and oxygen atoms in total. The average Bonchev–Trinajstić information content (AvgIpc) is 2.97. The van der Waals surface area contributed by atoms with E-state index in [1.165, 1.54) is 11.1 Å². The van der Waals surface area contributed by atoms with Crippen LogP contribution in [-0.4, -0.2) is 5.54 Å². The lowest BCUT2D eigenvalue weighted by molar-refractivity contribution is 0.391. The largest absolute Gasteiger partial charge is 0.324 e. The molecule has 2 rings (SSSR count). The Labute approximate surface area is 105 Å². The molecule has 0 unspecified atom stereocenters. The maximum atomic E-state index is 6.38. The Kier molecular flexibility index (Phi) is 2.66. The highest BCUT2D eigenvalue weighted by atomic mass is 14.9. The minimum Gasteiger partial charge on any atom is -0.324 e. The van der Waals surface area contributed by atoms with E-state index in [1.807, 2.05) is 0 Å². The Hall–Kier alpha value is -0.820. The van der Waals surface area contributed by atoms with Crippen LogP contribution < -0.4 is 5.73 Å². The van der Waals surface area contributed by atoms with Gasteiger partial charge < -0.3 is 5.73 Å². The van der Waals surface area contributed by atoms with Crippen LogP contribution in [0.2, 0.25) is 0 Å². The molecule has 0 saturated heterocycles. The van der Waals surface area contributed by atoms with Gasteiger partial charge in [0.25, 0.3) is 0 Å². The predicted octanol–water partition coefficient (Wildman–Crippen LogP) is 3.75. The van der Waals surface area contributed by atoms with Gasteiger partial charge in [-0.1, -0.05) is 58.9 Å². The van der Waals surface area contributed by atoms with Crippen LogP contribution in [0.3, 0.4) is 0 Å². The van der Waals surface area contributed by atoms with Gasteiger partial charge in [-0.3, -0.25) is 0 Å². The van der Waals surface area contributed by atoms with E-state index in [0.717, 1.165) is 12.8 Å². The summed E-state index contributed by atoms with van der Waals surface area (Å²) in [5.74, 6) is 0. The summed E-state index contributed by atoms with van der Waals surface area (Å²) in [6.45, 7) is 11.3. The molecule has 0 amide bonds. The van der Waals surface area contributed by atoms with Crippen LogP contribution >= 0.6 is 0 Å². The molecular weight excluding hydrogens is 206 g/mol. The summed E-state index contributed by atoms with van der Waals surface area (Å²) in [5, 5.41) is 0. The van der Waals surface area contributed by atoms with Crippen molar-refractivity contribution in [3.8, 4) is 0 Å². The van der Waals surface area contributed by atoms with Crippen molar-refractivity contribution in [2.45, 2.75) is 63.8 Å². The fraction of sp³-hybridized carbons (Fsp3) is 0.625. The monoisotopic (exact) mass is 231 g/mol. The maximum absolute atomic E-state index is 6.38. The summed E-state index contributed by atoms with van der Waals surface area (Å²) < 4.78 is 0. The van der Waals surface area contributed by atoms with Crippen LogP contribution in [0.4, 0.5) is 0 Å². The molecule has 0 spiro atoms. The highest BCUT2D eigenvalue weighted by molar-refractivity contribution is 5.36. The number of rotatable bonds is 2. The van der Waals surface area contributed by atoms with Crippen molar-refractivity contribution in [3.63, 3.8) is 0 Å². The number of nitrogens with two attached hydrogens (primary N) is 1. The van der Waals surface area contributed by atoms with Gasteiger partial charge in [-0.2, -0.15) is 0 Å². The van der Waals surface area contributed by atoms with E-state index in [1.54, 1.807) is 0 Å². The van der Waals surface area contributed by atoms with Crippen molar-refractivity contribution in [2.24, 2.45) is 5.73 Å². The van der Waals surface area contributed by atoms with E-state index < -0.39 is 0 Å². The number of hydrogen-bond acceptors (Lipinski definition) is 1. The van der Waals surface area contributed by atoms with Gasteiger partial charge in [0.2, 0.25) is 0 Å². The van der Waals surface area contributed by atoms with Gasteiger partial charge in [0.15, 0.2) is 0 Å². The minimum atomic E-state index is 0.0241. The van der Waals surface area contributed by atoms with Gasteiger partial charge in [0.1, 0.15) is 0 Å². The number of hydrogen-bond donors (Lipinski definition) is 1. The third-order valence-corrected chi connectivity index (χ3v) is 4.51. The Morgan fingerprint density at radius 2 is 1.29 bits per heavy atom. The first-order valence-corrected chi connectivity index (χ1v) is 6.57. The SMILES string of the molecule is CC(C)(C)c1ccc(C(C)(C)C2(N)CC2)cc1. The van der Waals surface area contributed by atoms with Gasteiger partial charge >= 0.3 is 0 Å². The van der Waals surface area contributed by atoms with E-state index in [0.29, 0.717) is 0 Å². The van der Waals surface area contributed by atoms with Gasteiger partial charge in [-0.15, -0.1) is 0 Å². The van der Waals surface area contributed by atoms with Crippen LogP contribution in [0, 0.1) is 0 Å². The van der Waals surface area contributed by atoms with Crippen molar-refractivity contribution in [1.82, 2.24) is 0 Å². The summed E-state index contributed by atoms with van der Waals surface area (Å²) in [5.41, 5.74) is 9.47. The third-order valence-electron chi connectivity index (χ3n) is 4.51. The highest BCUT2D eigenvalue weighted by Gasteiger charge is 2.51. The summed E-state index contributed by atoms with van der Waals surface area (Å²) in [6, 6.07) is 9.02. The average molecular weight is 231 g/mol. The van der Waals surface area contributed by atoms with Gasteiger partial charge in [0, 0.05) is 11.0 Å². The quantitative estimate of drug-likeness (QED) is 0.824. The fourth-order valence-corrected chi connectivity index (χ4v) is 2.43. The molecule has 2 N–H and O–H groups in total. The van der Waals surface area contributed by atoms with Crippen LogP contribution in [0.1, 0.15) is 58.6 Å². The van der Waals surface area contributed by atoms with E-state index >= 15 is 0 Å². The van der Waals surface area contributed by atoms with Crippen LogP contribution in [0.15, 0.2) is 24.3 Å². The lowest BCUT2D eigenvalue weighted by Gasteiger charge is -2.33. The first-order valence-electron chi connectivity index (χ1n) is 6.57. The molecule has 0 heterocycles. The molecule has 94 valence electrons. The van der Waals surface area contributed by atoms with Crippen molar-refractivity contribution in [1.29, 1.82) is 0 Å². The second-order valence-electron chi connectivity index (χ2n) is 7.11. The van der Waals surface area contributed by atoms with Gasteiger partial charge in [0.05, 0.1) is 0 Å². The molecule has 0 aliphatic heterocycles. The molecule has 0 atom stereocenters. The van der Waals surface area contributed by atoms with Crippen LogP contribution in [0.25, 0.3) is 0 Å². The van der Waals surface area contributed by atoms with Crippen molar-refractivity contribution < 1.29 is 0 Å². The second kappa shape index (κ2) is 3.58. The molecule has 1 heteroatoms. The van der Waals surface area contributed by atoms with Crippen LogP contribution in [0.5, 0.6) is 0 Å². The Balaban J connectivity index is 2.30. The zero-order valence-corrected chi connectivity index (χ0v) is 11.8. The molecule has 1 fully saturated rings. The second-order valence-corrected chi connectivity index (χ2v) is 7.11. The van der Waals surface area contributed by atoms with E-state index in [9.17, 15) is 0 Å². The molecule has 17 heavy (non-hydrogen) atoms. The standard InChI is InChI=1S/C16H25N/c1-14(2,3)12-6-8-13(9-7-12)15(4,5)16(17)10-11-16/h6-9H,10-11,17H2,1-5H3. The lowest BCUT2D eigenvalue weighted by atomic mass is 9.75. The Morgan fingerprint density at radius 3 is 1.65 bits per heavy atom. The minimum absolute atomic E-state index is 0.0241. The Bertz CT molecular complexity index is 402. The Morgan fingerprint density at radius 1 is 0.882 bits per heavy atom. The van der Waals surface area contributed by atoms with Gasteiger partial charge in [-0.25, -0.2) is 0 Å². The summed E-state index contributed by atoms with van der Waals surface area (Å²) in [7, 11) is 0. The molecule has 1 aromatic carbocycles. The molecule has 1 saturated carbocycles. The van der Waals surface area contributed by atoms with E-state index in [-0.39, 0.29) is 16.4 Å². The smallest absolute Gasteiger partial charge is 0.0248 e. The van der Waals surface area contributed by atoms with Crippen molar-refractivity contribution in [3.05, 3.63) is 35.4 Å². The number of benzene rings is 1. The predicted molar refractivity (Wildman–Crippen MR) is 74.3 cm³/mol. The van der Waals surface area contributed by atoms with Crippen molar-refractivity contribution >= 4 is 0 Å². The molecule has 0 bridgehead atoms. The summed E-state index contributed by atoms with van der Waals surface area (Å²) >= 11 is 0. The third kappa shape index (κ3) is 2.13. The van der Waals surface area contributed by atoms with E-state index in [2.05, 4.69) is 58.9 Å². The first kappa shape index (κ1) is 12.6. The molecule has 1 aliphatic carbocycles. The molecular formula is C16H25N. The zero-order valence-electron chi connectivity index (χ0n) is 11.8. The van der Waals surface area contributed by atoms with Crippen LogP contribution in [-0.2, 0) is 10.8 Å². The maximum Gasteiger partial charge on any atom is 0.0248 e. The zero-order chi connectivity index (χ0) is 12.9. The summed E-state index contributed by atoms with van der Waals surface area (Å²) in [4.78, 5) is 0. The molecule has 0 aromatic heterocycles. The normalized spacial score (nSPS) is 19.2. The fourth-order valence-electron chi connectivity index (χ4n) is 2.43. The van der Waals surface area contributed by atoms with Crippen molar-refractivity contribution in [2.75, 3.05) is 0 Å². The first-order chi connectivity index (χ1) is 7.67.